The van der Waals surface area contributed by atoms with E-state index in [0.29, 0.717) is 35.4 Å². The number of amides is 1. The van der Waals surface area contributed by atoms with Crippen LogP contribution in [0, 0.1) is 12.7 Å². The maximum Gasteiger partial charge on any atom is 0.343 e. The van der Waals surface area contributed by atoms with Crippen molar-refractivity contribution in [1.29, 1.82) is 0 Å². The number of fused-ring (bicyclic) bond motifs is 5. The van der Waals surface area contributed by atoms with E-state index in [9.17, 15) is 23.9 Å². The van der Waals surface area contributed by atoms with Gasteiger partial charge in [0.25, 0.3) is 5.56 Å². The Morgan fingerprint density at radius 1 is 1.31 bits per heavy atom. The Hall–Kier alpha value is -3.63. The zero-order valence-corrected chi connectivity index (χ0v) is 19.4. The van der Waals surface area contributed by atoms with Crippen LogP contribution in [0.3, 0.4) is 0 Å². The smallest absolute Gasteiger partial charge is 0.343 e. The van der Waals surface area contributed by atoms with Crippen LogP contribution in [-0.4, -0.2) is 39.6 Å². The number of aliphatic hydroxyl groups is 1. The Labute approximate surface area is 199 Å². The summed E-state index contributed by atoms with van der Waals surface area (Å²) in [5.41, 5.74) is 6.95. The molecule has 1 atom stereocenters. The number of esters is 1. The zero-order valence-electron chi connectivity index (χ0n) is 19.4. The molecule has 0 aliphatic carbocycles. The molecule has 5 rings (SSSR count). The highest BCUT2D eigenvalue weighted by Crippen LogP contribution is 2.40. The molecule has 0 spiro atoms. The molecule has 35 heavy (non-hydrogen) atoms. The molecular weight excluding hydrogens is 455 g/mol. The van der Waals surface area contributed by atoms with Crippen LogP contribution in [0.2, 0.25) is 0 Å². The third-order valence-electron chi connectivity index (χ3n) is 6.97. The Morgan fingerprint density at radius 2 is 2.09 bits per heavy atom. The second kappa shape index (κ2) is 8.24. The lowest BCUT2D eigenvalue weighted by atomic mass is 9.86. The average molecular weight is 480 g/mol. The van der Waals surface area contributed by atoms with Gasteiger partial charge in [-0.1, -0.05) is 6.92 Å². The van der Waals surface area contributed by atoms with Gasteiger partial charge in [0.1, 0.15) is 12.4 Å². The van der Waals surface area contributed by atoms with Gasteiger partial charge in [-0.3, -0.25) is 9.59 Å². The number of cyclic esters (lactones) is 1. The predicted octanol–water partition coefficient (Wildman–Crippen LogP) is 1.14. The summed E-state index contributed by atoms with van der Waals surface area (Å²) >= 11 is 0. The van der Waals surface area contributed by atoms with Gasteiger partial charge in [-0.2, -0.15) is 0 Å². The summed E-state index contributed by atoms with van der Waals surface area (Å²) < 4.78 is 21.1. The van der Waals surface area contributed by atoms with Crippen LogP contribution < -0.4 is 16.6 Å². The normalized spacial score (nSPS) is 18.1. The van der Waals surface area contributed by atoms with Crippen LogP contribution in [-0.2, 0) is 39.5 Å². The van der Waals surface area contributed by atoms with E-state index >= 15 is 0 Å². The zero-order chi connectivity index (χ0) is 25.1. The molecule has 0 bridgehead atoms. The van der Waals surface area contributed by atoms with Crippen LogP contribution in [0.1, 0.15) is 41.2 Å². The lowest BCUT2D eigenvalue weighted by molar-refractivity contribution is -0.172. The molecule has 3 aromatic rings. The van der Waals surface area contributed by atoms with E-state index in [0.717, 1.165) is 16.5 Å². The number of hydrogen-bond acceptors (Lipinski definition) is 7. The predicted molar refractivity (Wildman–Crippen MR) is 125 cm³/mol. The van der Waals surface area contributed by atoms with E-state index in [1.165, 1.54) is 10.6 Å². The molecule has 4 N–H and O–H groups in total. The summed E-state index contributed by atoms with van der Waals surface area (Å²) in [6.07, 6.45) is 0.456. The number of nitrogens with one attached hydrogen (secondary N) is 1. The highest BCUT2D eigenvalue weighted by molar-refractivity contribution is 5.89. The topological polar surface area (TPSA) is 137 Å². The Balaban J connectivity index is 1.73. The molecule has 182 valence electrons. The first kappa shape index (κ1) is 23.1. The molecule has 10 heteroatoms. The van der Waals surface area contributed by atoms with Crippen molar-refractivity contribution >= 4 is 22.8 Å². The van der Waals surface area contributed by atoms with Crippen LogP contribution >= 0.6 is 0 Å². The molecular formula is C25H25FN4O5. The van der Waals surface area contributed by atoms with Crippen molar-refractivity contribution < 1.29 is 23.8 Å². The van der Waals surface area contributed by atoms with Crippen molar-refractivity contribution in [2.24, 2.45) is 5.73 Å². The molecule has 2 aliphatic heterocycles. The van der Waals surface area contributed by atoms with Gasteiger partial charge >= 0.3 is 5.97 Å². The van der Waals surface area contributed by atoms with Gasteiger partial charge in [-0.15, -0.1) is 0 Å². The Kier molecular flexibility index (Phi) is 5.45. The van der Waals surface area contributed by atoms with Gasteiger partial charge < -0.3 is 25.5 Å². The van der Waals surface area contributed by atoms with Crippen molar-refractivity contribution in [3.05, 3.63) is 62.2 Å². The van der Waals surface area contributed by atoms with Gasteiger partial charge in [0.05, 0.1) is 35.6 Å². The Morgan fingerprint density at radius 3 is 2.80 bits per heavy atom. The molecule has 4 heterocycles. The minimum atomic E-state index is -1.93. The molecule has 0 radical (unpaired) electrons. The summed E-state index contributed by atoms with van der Waals surface area (Å²) in [7, 11) is 0. The number of pyridine rings is 2. The number of hydrogen-bond donors (Lipinski definition) is 3. The van der Waals surface area contributed by atoms with Crippen molar-refractivity contribution in [2.75, 3.05) is 13.1 Å². The van der Waals surface area contributed by atoms with Crippen LogP contribution in [0.4, 0.5) is 4.39 Å². The minimum Gasteiger partial charge on any atom is -0.458 e. The molecule has 9 nitrogen and oxygen atoms in total. The first-order chi connectivity index (χ1) is 16.7. The first-order valence-corrected chi connectivity index (χ1v) is 11.4. The van der Waals surface area contributed by atoms with E-state index in [1.54, 1.807) is 26.0 Å². The van der Waals surface area contributed by atoms with Gasteiger partial charge in [0.15, 0.2) is 5.60 Å². The summed E-state index contributed by atoms with van der Waals surface area (Å²) in [6, 6.07) is 4.69. The standard InChI is InChI=1S/C25H25FN4O5/c1-3-25(34)17-7-20-22-15(10-30(20)23(32)16(17)11-35-24(25)33)13(4-5-28-21(31)9-27)14-6-12(2)18(26)8-19(14)29-22/h6-8,34H,3-5,9-11,27H2,1-2H3,(H,28,31)/t25-/m0/s1. The summed E-state index contributed by atoms with van der Waals surface area (Å²) in [4.78, 5) is 42.2. The highest BCUT2D eigenvalue weighted by Gasteiger charge is 2.45. The fraction of sp³-hybridized carbons (Fsp3) is 0.360. The fourth-order valence-electron chi connectivity index (χ4n) is 4.98. The monoisotopic (exact) mass is 480 g/mol. The quantitative estimate of drug-likeness (QED) is 0.365. The SMILES string of the molecule is CC[C@@]1(O)C(=O)OCc2c1cc1n(c2=O)Cc2c-1nc1cc(F)c(C)cc1c2CCNC(=O)CN. The van der Waals surface area contributed by atoms with E-state index in [4.69, 9.17) is 15.5 Å². The molecule has 1 amide bonds. The van der Waals surface area contributed by atoms with Crippen LogP contribution in [0.15, 0.2) is 23.0 Å². The molecule has 0 fully saturated rings. The molecule has 0 unspecified atom stereocenters. The number of nitrogens with two attached hydrogens (primary N) is 1. The number of carbonyl (C=O) groups is 2. The maximum absolute atomic E-state index is 14.5. The van der Waals surface area contributed by atoms with E-state index in [-0.39, 0.29) is 48.7 Å². The lowest BCUT2D eigenvalue weighted by Gasteiger charge is -2.31. The summed E-state index contributed by atoms with van der Waals surface area (Å²) in [6.45, 7) is 3.47. The molecule has 2 aliphatic rings. The number of benzene rings is 1. The van der Waals surface area contributed by atoms with Crippen molar-refractivity contribution in [2.45, 2.75) is 45.4 Å². The summed E-state index contributed by atoms with van der Waals surface area (Å²) in [5, 5.41) is 14.5. The number of carbonyl (C=O) groups excluding carboxylic acids is 2. The molecule has 0 saturated carbocycles. The maximum atomic E-state index is 14.5. The van der Waals surface area contributed by atoms with Gasteiger partial charge in [0, 0.05) is 29.1 Å². The third-order valence-corrected chi connectivity index (χ3v) is 6.97. The van der Waals surface area contributed by atoms with Crippen molar-refractivity contribution in [3.63, 3.8) is 0 Å². The largest absolute Gasteiger partial charge is 0.458 e. The van der Waals surface area contributed by atoms with Gasteiger partial charge in [-0.25, -0.2) is 14.2 Å². The van der Waals surface area contributed by atoms with Crippen LogP contribution in [0.25, 0.3) is 22.3 Å². The fourth-order valence-corrected chi connectivity index (χ4v) is 4.98. The third kappa shape index (κ3) is 3.43. The molecule has 0 saturated heterocycles. The lowest BCUT2D eigenvalue weighted by Crippen LogP contribution is -2.44. The van der Waals surface area contributed by atoms with E-state index < -0.39 is 17.4 Å². The molecule has 2 aromatic heterocycles. The molecule has 1 aromatic carbocycles. The number of rotatable bonds is 5. The minimum absolute atomic E-state index is 0.0380. The second-order valence-corrected chi connectivity index (χ2v) is 8.94. The summed E-state index contributed by atoms with van der Waals surface area (Å²) in [5.74, 6) is -1.50. The number of nitrogens with zero attached hydrogens (tertiary/aromatic N) is 2. The second-order valence-electron chi connectivity index (χ2n) is 8.94. The Bertz CT molecular complexity index is 1480. The number of halogens is 1. The van der Waals surface area contributed by atoms with E-state index in [2.05, 4.69) is 5.32 Å². The van der Waals surface area contributed by atoms with Gasteiger partial charge in [-0.05, 0) is 43.0 Å². The average Bonchev–Trinajstić information content (AvgIpc) is 3.21. The van der Waals surface area contributed by atoms with Crippen molar-refractivity contribution in [1.82, 2.24) is 14.9 Å². The highest BCUT2D eigenvalue weighted by atomic mass is 19.1. The number of ether oxygens (including phenoxy) is 1. The van der Waals surface area contributed by atoms with Crippen LogP contribution in [0.5, 0.6) is 0 Å². The number of aryl methyl sites for hydroxylation is 1. The first-order valence-electron chi connectivity index (χ1n) is 11.4. The van der Waals surface area contributed by atoms with Gasteiger partial charge in [0.2, 0.25) is 5.91 Å². The van der Waals surface area contributed by atoms with Crippen molar-refractivity contribution in [3.8, 4) is 11.4 Å². The van der Waals surface area contributed by atoms with E-state index in [1.807, 2.05) is 0 Å². The number of aromatic nitrogens is 2.